The molecule has 1 aliphatic carbocycles. The lowest BCUT2D eigenvalue weighted by molar-refractivity contribution is -0.125. The van der Waals surface area contributed by atoms with Crippen LogP contribution in [0.3, 0.4) is 0 Å². The Bertz CT molecular complexity index is 885. The molecular weight excluding hydrogens is 400 g/mol. The Balaban J connectivity index is 1.49. The zero-order valence-electron chi connectivity index (χ0n) is 17.3. The number of nitrogens with one attached hydrogen (secondary N) is 1. The van der Waals surface area contributed by atoms with E-state index in [0.717, 1.165) is 42.0 Å². The summed E-state index contributed by atoms with van der Waals surface area (Å²) in [6.45, 7) is 1.28. The first kappa shape index (κ1) is 20.9. The Hall–Kier alpha value is -2.38. The predicted molar refractivity (Wildman–Crippen MR) is 117 cm³/mol. The van der Waals surface area contributed by atoms with Gasteiger partial charge in [-0.15, -0.1) is 11.8 Å². The number of nitrogens with zero attached hydrogens (tertiary/aromatic N) is 1. The van der Waals surface area contributed by atoms with E-state index in [2.05, 4.69) is 22.3 Å². The molecule has 0 spiro atoms. The van der Waals surface area contributed by atoms with Crippen LogP contribution in [0.15, 0.2) is 47.4 Å². The summed E-state index contributed by atoms with van der Waals surface area (Å²) in [5.74, 6) is 1.53. The number of phenols is 1. The molecule has 1 heterocycles. The second-order valence-corrected chi connectivity index (χ2v) is 9.22. The third-order valence-electron chi connectivity index (χ3n) is 5.63. The van der Waals surface area contributed by atoms with Crippen molar-refractivity contribution >= 4 is 17.7 Å². The normalized spacial score (nSPS) is 21.4. The maximum absolute atomic E-state index is 12.9. The Morgan fingerprint density at radius 3 is 2.60 bits per heavy atom. The molecule has 1 amide bonds. The second kappa shape index (κ2) is 9.18. The van der Waals surface area contributed by atoms with Gasteiger partial charge in [0.05, 0.1) is 20.3 Å². The van der Waals surface area contributed by atoms with Gasteiger partial charge in [0, 0.05) is 34.8 Å². The van der Waals surface area contributed by atoms with E-state index in [1.807, 2.05) is 24.3 Å². The molecule has 2 aromatic rings. The first-order valence-electron chi connectivity index (χ1n) is 10.3. The standard InChI is InChI=1S/C23H28N2O4S/c1-28-17-8-10-18(11-9-17)30-19-12-20(23(27)24-16-6-7-16)25(14-19)13-15-4-3-5-21(29-2)22(15)26/h3-5,8-11,16,19-20,26H,6-7,12-14H2,1-2H3,(H,24,27)/t19-,20+/m1/s1. The molecular formula is C23H28N2O4S. The summed E-state index contributed by atoms with van der Waals surface area (Å²) in [6.07, 6.45) is 2.91. The molecule has 0 unspecified atom stereocenters. The molecule has 2 atom stereocenters. The Kier molecular flexibility index (Phi) is 6.39. The number of carbonyl (C=O) groups is 1. The van der Waals surface area contributed by atoms with Crippen LogP contribution < -0.4 is 14.8 Å². The lowest BCUT2D eigenvalue weighted by atomic mass is 10.1. The van der Waals surface area contributed by atoms with Crippen LogP contribution in [-0.2, 0) is 11.3 Å². The fourth-order valence-electron chi connectivity index (χ4n) is 3.85. The average Bonchev–Trinajstić information content (AvgIpc) is 3.48. The fraction of sp³-hybridized carbons (Fsp3) is 0.435. The third-order valence-corrected chi connectivity index (χ3v) is 6.85. The van der Waals surface area contributed by atoms with Crippen LogP contribution in [0, 0.1) is 0 Å². The summed E-state index contributed by atoms with van der Waals surface area (Å²) >= 11 is 1.79. The number of carbonyl (C=O) groups excluding carboxylic acids is 1. The highest BCUT2D eigenvalue weighted by atomic mass is 32.2. The van der Waals surface area contributed by atoms with E-state index >= 15 is 0 Å². The van der Waals surface area contributed by atoms with Crippen LogP contribution in [0.25, 0.3) is 0 Å². The number of phenolic OH excluding ortho intramolecular Hbond substituents is 1. The topological polar surface area (TPSA) is 71.0 Å². The monoisotopic (exact) mass is 428 g/mol. The number of hydrogen-bond acceptors (Lipinski definition) is 6. The molecule has 2 fully saturated rings. The van der Waals surface area contributed by atoms with Gasteiger partial charge in [0.1, 0.15) is 5.75 Å². The maximum Gasteiger partial charge on any atom is 0.237 e. The Morgan fingerprint density at radius 2 is 1.93 bits per heavy atom. The van der Waals surface area contributed by atoms with E-state index < -0.39 is 0 Å². The molecule has 30 heavy (non-hydrogen) atoms. The minimum Gasteiger partial charge on any atom is -0.504 e. The summed E-state index contributed by atoms with van der Waals surface area (Å²) in [5, 5.41) is 14.0. The van der Waals surface area contributed by atoms with Gasteiger partial charge < -0.3 is 19.9 Å². The van der Waals surface area contributed by atoms with Crippen molar-refractivity contribution < 1.29 is 19.4 Å². The first-order chi connectivity index (χ1) is 14.6. The van der Waals surface area contributed by atoms with Crippen LogP contribution >= 0.6 is 11.8 Å². The number of amides is 1. The molecule has 0 radical (unpaired) electrons. The number of thioether (sulfide) groups is 1. The molecule has 1 saturated carbocycles. The average molecular weight is 429 g/mol. The van der Waals surface area contributed by atoms with Crippen molar-refractivity contribution in [2.75, 3.05) is 20.8 Å². The molecule has 1 saturated heterocycles. The second-order valence-electron chi connectivity index (χ2n) is 7.85. The largest absolute Gasteiger partial charge is 0.504 e. The van der Waals surface area contributed by atoms with Gasteiger partial charge in [0.15, 0.2) is 11.5 Å². The smallest absolute Gasteiger partial charge is 0.237 e. The molecule has 2 N–H and O–H groups in total. The fourth-order valence-corrected chi connectivity index (χ4v) is 5.07. The van der Waals surface area contributed by atoms with Crippen LogP contribution in [0.5, 0.6) is 17.2 Å². The van der Waals surface area contributed by atoms with E-state index in [1.54, 1.807) is 32.0 Å². The molecule has 4 rings (SSSR count). The van der Waals surface area contributed by atoms with E-state index in [4.69, 9.17) is 9.47 Å². The molecule has 6 nitrogen and oxygen atoms in total. The number of benzene rings is 2. The zero-order chi connectivity index (χ0) is 21.1. The summed E-state index contributed by atoms with van der Waals surface area (Å²) in [5.41, 5.74) is 0.772. The van der Waals surface area contributed by atoms with E-state index in [-0.39, 0.29) is 17.7 Å². The van der Waals surface area contributed by atoms with Gasteiger partial charge >= 0.3 is 0 Å². The molecule has 0 aromatic heterocycles. The molecule has 2 aliphatic rings. The quantitative estimate of drug-likeness (QED) is 0.671. The van der Waals surface area contributed by atoms with Crippen LogP contribution in [0.2, 0.25) is 0 Å². The first-order valence-corrected chi connectivity index (χ1v) is 11.2. The van der Waals surface area contributed by atoms with Gasteiger partial charge in [-0.1, -0.05) is 12.1 Å². The summed E-state index contributed by atoms with van der Waals surface area (Å²) in [4.78, 5) is 16.3. The number of ether oxygens (including phenoxy) is 2. The summed E-state index contributed by atoms with van der Waals surface area (Å²) < 4.78 is 10.5. The number of methoxy groups -OCH3 is 2. The van der Waals surface area contributed by atoms with Crippen molar-refractivity contribution in [2.45, 2.75) is 48.0 Å². The van der Waals surface area contributed by atoms with Crippen molar-refractivity contribution in [3.05, 3.63) is 48.0 Å². The van der Waals surface area contributed by atoms with Crippen LogP contribution in [-0.4, -0.2) is 54.0 Å². The molecule has 1 aliphatic heterocycles. The van der Waals surface area contributed by atoms with Crippen molar-refractivity contribution in [3.63, 3.8) is 0 Å². The number of hydrogen-bond donors (Lipinski definition) is 2. The SMILES string of the molecule is COc1ccc(S[C@@H]2C[C@@H](C(=O)NC3CC3)N(Cc3cccc(OC)c3O)C2)cc1. The third kappa shape index (κ3) is 4.84. The van der Waals surface area contributed by atoms with Crippen molar-refractivity contribution in [3.8, 4) is 17.2 Å². The predicted octanol–water partition coefficient (Wildman–Crippen LogP) is 3.42. The van der Waals surface area contributed by atoms with Crippen molar-refractivity contribution in [2.24, 2.45) is 0 Å². The highest BCUT2D eigenvalue weighted by Gasteiger charge is 2.39. The lowest BCUT2D eigenvalue weighted by Crippen LogP contribution is -2.43. The molecule has 2 aromatic carbocycles. The Labute approximate surface area is 181 Å². The molecule has 7 heteroatoms. The molecule has 160 valence electrons. The van der Waals surface area contributed by atoms with E-state index in [1.165, 1.54) is 0 Å². The summed E-state index contributed by atoms with van der Waals surface area (Å²) in [6, 6.07) is 13.7. The van der Waals surface area contributed by atoms with Crippen LogP contribution in [0.4, 0.5) is 0 Å². The Morgan fingerprint density at radius 1 is 1.17 bits per heavy atom. The van der Waals surface area contributed by atoms with E-state index in [9.17, 15) is 9.90 Å². The van der Waals surface area contributed by atoms with Gasteiger partial charge in [0.2, 0.25) is 5.91 Å². The lowest BCUT2D eigenvalue weighted by Gasteiger charge is -2.24. The van der Waals surface area contributed by atoms with Crippen molar-refractivity contribution in [1.82, 2.24) is 10.2 Å². The van der Waals surface area contributed by atoms with Gasteiger partial charge in [-0.05, 0) is 49.6 Å². The summed E-state index contributed by atoms with van der Waals surface area (Å²) in [7, 11) is 3.20. The van der Waals surface area contributed by atoms with Gasteiger partial charge in [0.25, 0.3) is 0 Å². The number of aromatic hydroxyl groups is 1. The van der Waals surface area contributed by atoms with Crippen LogP contribution in [0.1, 0.15) is 24.8 Å². The van der Waals surface area contributed by atoms with Gasteiger partial charge in [-0.2, -0.15) is 0 Å². The maximum atomic E-state index is 12.9. The minimum atomic E-state index is -0.202. The minimum absolute atomic E-state index is 0.0951. The number of likely N-dealkylation sites (tertiary alicyclic amines) is 1. The number of rotatable bonds is 8. The van der Waals surface area contributed by atoms with Gasteiger partial charge in [-0.25, -0.2) is 0 Å². The number of para-hydroxylation sites is 1. The zero-order valence-corrected chi connectivity index (χ0v) is 18.2. The molecule has 0 bridgehead atoms. The van der Waals surface area contributed by atoms with E-state index in [0.29, 0.717) is 23.6 Å². The van der Waals surface area contributed by atoms with Gasteiger partial charge in [-0.3, -0.25) is 9.69 Å². The van der Waals surface area contributed by atoms with Crippen molar-refractivity contribution in [1.29, 1.82) is 0 Å². The highest BCUT2D eigenvalue weighted by Crippen LogP contribution is 2.37. The highest BCUT2D eigenvalue weighted by molar-refractivity contribution is 8.00.